The fourth-order valence-corrected chi connectivity index (χ4v) is 5.76. The molecule has 3 N–H and O–H groups in total. The summed E-state index contributed by atoms with van der Waals surface area (Å²) < 4.78 is 132. The molecule has 0 spiro atoms. The van der Waals surface area contributed by atoms with Crippen LogP contribution in [0.1, 0.15) is 19.8 Å². The van der Waals surface area contributed by atoms with E-state index in [1.54, 1.807) is 0 Å². The second-order valence-electron chi connectivity index (χ2n) is 16.6. The Bertz CT molecular complexity index is 1140. The fourth-order valence-electron chi connectivity index (χ4n) is 5.76. The third kappa shape index (κ3) is 76.5. The molecule has 0 saturated carbocycles. The number of carbonyl (C=O) groups excluding carboxylic acids is 1. The van der Waals surface area contributed by atoms with Gasteiger partial charge >= 0.3 is 0 Å². The maximum atomic E-state index is 11.5. The highest BCUT2D eigenvalue weighted by atomic mass is 16.6. The summed E-state index contributed by atoms with van der Waals surface area (Å²) in [4.78, 5) is 11.5. The highest BCUT2D eigenvalue weighted by Crippen LogP contribution is 1.92. The van der Waals surface area contributed by atoms with Crippen molar-refractivity contribution in [3.05, 3.63) is 0 Å². The van der Waals surface area contributed by atoms with E-state index in [9.17, 15) is 4.79 Å². The molecule has 0 atom stereocenters. The first-order chi connectivity index (χ1) is 40.3. The summed E-state index contributed by atoms with van der Waals surface area (Å²) in [5, 5.41) is 2.81. The van der Waals surface area contributed by atoms with Crippen LogP contribution in [-0.2, 0) is 118 Å². The van der Waals surface area contributed by atoms with Gasteiger partial charge in [-0.05, 0) is 6.42 Å². The topological polar surface area (TPSA) is 277 Å². The van der Waals surface area contributed by atoms with Gasteiger partial charge in [0.25, 0.3) is 0 Å². The van der Waals surface area contributed by atoms with Gasteiger partial charge in [-0.15, -0.1) is 0 Å². The van der Waals surface area contributed by atoms with Crippen LogP contribution in [0.2, 0.25) is 0 Å². The summed E-state index contributed by atoms with van der Waals surface area (Å²) in [6.07, 6.45) is 1.29. The molecule has 0 aliphatic rings. The van der Waals surface area contributed by atoms with E-state index in [4.69, 9.17) is 119 Å². The highest BCUT2D eigenvalue weighted by molar-refractivity contribution is 5.75. The molecule has 0 radical (unpaired) electrons. The highest BCUT2D eigenvalue weighted by Gasteiger charge is 2.02. The van der Waals surface area contributed by atoms with Crippen molar-refractivity contribution in [2.45, 2.75) is 19.8 Å². The van der Waals surface area contributed by atoms with Gasteiger partial charge in [-0.25, -0.2) is 0 Å². The van der Waals surface area contributed by atoms with Crippen molar-refractivity contribution in [1.29, 1.82) is 0 Å². The van der Waals surface area contributed by atoms with Crippen molar-refractivity contribution >= 4 is 5.91 Å². The summed E-state index contributed by atoms with van der Waals surface area (Å²) in [6.45, 7) is 26.7. The van der Waals surface area contributed by atoms with Crippen LogP contribution in [-0.4, -0.2) is 336 Å². The molecule has 0 bridgehead atoms. The van der Waals surface area contributed by atoms with Gasteiger partial charge in [-0.1, -0.05) is 6.92 Å². The van der Waals surface area contributed by atoms with Gasteiger partial charge in [0.15, 0.2) is 0 Å². The summed E-state index contributed by atoms with van der Waals surface area (Å²) in [5.41, 5.74) is 5.35. The zero-order valence-electron chi connectivity index (χ0n) is 49.6. The summed E-state index contributed by atoms with van der Waals surface area (Å²) >= 11 is 0. The first-order valence-electron chi connectivity index (χ1n) is 29.1. The van der Waals surface area contributed by atoms with Crippen molar-refractivity contribution in [2.24, 2.45) is 5.73 Å². The van der Waals surface area contributed by atoms with Crippen molar-refractivity contribution in [2.75, 3.05) is 330 Å². The number of amides is 1. The van der Waals surface area contributed by atoms with Crippen LogP contribution in [0.4, 0.5) is 0 Å². The third-order valence-corrected chi connectivity index (χ3v) is 9.86. The van der Waals surface area contributed by atoms with Gasteiger partial charge in [0.2, 0.25) is 5.91 Å². The van der Waals surface area contributed by atoms with Gasteiger partial charge in [0.05, 0.1) is 317 Å². The Kier molecular flexibility index (Phi) is 75.0. The third-order valence-electron chi connectivity index (χ3n) is 9.86. The molecule has 0 fully saturated rings. The van der Waals surface area contributed by atoms with Crippen molar-refractivity contribution < 1.29 is 118 Å². The Hall–Kier alpha value is -1.53. The van der Waals surface area contributed by atoms with E-state index in [-0.39, 0.29) is 5.91 Å². The van der Waals surface area contributed by atoms with Gasteiger partial charge in [0, 0.05) is 19.5 Å². The van der Waals surface area contributed by atoms with E-state index in [0.29, 0.717) is 337 Å². The second kappa shape index (κ2) is 76.5. The molecule has 0 aliphatic carbocycles. The molecule has 27 heteroatoms. The van der Waals surface area contributed by atoms with Gasteiger partial charge in [-0.2, -0.15) is 0 Å². The SMILES string of the molecule is CCCNC(=O)CCOCCOCCOCCOCCOCCOCCOCCOCCOCCOCCOCCOCCOCCOCCOCCOCCOCCOCCOCCOCCOCCOCCOCCOCCN. The molecule has 0 unspecified atom stereocenters. The molecular formula is C54H110N2O25. The first-order valence-corrected chi connectivity index (χ1v) is 29.1. The molecule has 0 aromatic rings. The van der Waals surface area contributed by atoms with E-state index in [1.807, 2.05) is 6.92 Å². The predicted molar refractivity (Wildman–Crippen MR) is 297 cm³/mol. The van der Waals surface area contributed by atoms with Crippen LogP contribution in [0.15, 0.2) is 0 Å². The number of carbonyl (C=O) groups is 1. The maximum absolute atomic E-state index is 11.5. The standard InChI is InChI=1S/C54H110N2O25/c1-2-5-56-54(57)3-6-58-8-10-60-12-14-62-16-18-64-20-22-66-24-26-68-28-30-70-32-34-72-36-38-74-40-42-76-44-46-78-48-50-80-52-53-81-51-49-79-47-45-77-43-41-75-39-37-73-35-33-71-31-29-69-27-25-67-23-21-65-19-17-63-15-13-61-11-9-59-7-4-55/h2-53,55H2,1H3,(H,56,57). The van der Waals surface area contributed by atoms with Crippen LogP contribution in [0.3, 0.4) is 0 Å². The van der Waals surface area contributed by atoms with Crippen molar-refractivity contribution in [3.63, 3.8) is 0 Å². The molecule has 0 aliphatic heterocycles. The minimum Gasteiger partial charge on any atom is -0.379 e. The number of rotatable bonds is 76. The number of hydrogen-bond acceptors (Lipinski definition) is 26. The molecule has 1 amide bonds. The molecule has 27 nitrogen and oxygen atoms in total. The Morgan fingerprint density at radius 3 is 0.469 bits per heavy atom. The van der Waals surface area contributed by atoms with E-state index in [1.165, 1.54) is 0 Å². The van der Waals surface area contributed by atoms with Gasteiger partial charge < -0.3 is 125 Å². The summed E-state index contributed by atoms with van der Waals surface area (Å²) in [7, 11) is 0. The average molecular weight is 1190 g/mol. The minimum absolute atomic E-state index is 0.0110. The van der Waals surface area contributed by atoms with Gasteiger partial charge in [-0.3, -0.25) is 4.79 Å². The lowest BCUT2D eigenvalue weighted by Gasteiger charge is -2.09. The Morgan fingerprint density at radius 2 is 0.346 bits per heavy atom. The monoisotopic (exact) mass is 1190 g/mol. The van der Waals surface area contributed by atoms with Gasteiger partial charge in [0.1, 0.15) is 0 Å². The molecule has 0 aromatic carbocycles. The molecule has 81 heavy (non-hydrogen) atoms. The predicted octanol–water partition coefficient (Wildman–Crippen LogP) is 0.260. The van der Waals surface area contributed by atoms with Crippen LogP contribution < -0.4 is 11.1 Å². The first kappa shape index (κ1) is 79.5. The zero-order valence-corrected chi connectivity index (χ0v) is 49.6. The van der Waals surface area contributed by atoms with E-state index < -0.39 is 0 Å². The van der Waals surface area contributed by atoms with Crippen molar-refractivity contribution in [1.82, 2.24) is 5.32 Å². The number of nitrogens with two attached hydrogens (primary N) is 1. The normalized spacial score (nSPS) is 11.7. The van der Waals surface area contributed by atoms with Crippen LogP contribution in [0.25, 0.3) is 0 Å². The van der Waals surface area contributed by atoms with Crippen LogP contribution in [0.5, 0.6) is 0 Å². The summed E-state index contributed by atoms with van der Waals surface area (Å²) in [5.74, 6) is 0.0110. The molecule has 0 saturated heterocycles. The largest absolute Gasteiger partial charge is 0.379 e. The smallest absolute Gasteiger partial charge is 0.222 e. The van der Waals surface area contributed by atoms with Crippen LogP contribution in [0, 0.1) is 0 Å². The maximum Gasteiger partial charge on any atom is 0.222 e. The Labute approximate surface area is 484 Å². The van der Waals surface area contributed by atoms with Crippen LogP contribution >= 0.6 is 0 Å². The molecule has 0 aromatic heterocycles. The second-order valence-corrected chi connectivity index (χ2v) is 16.6. The Morgan fingerprint density at radius 1 is 0.222 bits per heavy atom. The molecular weight excluding hydrogens is 1080 g/mol. The quantitative estimate of drug-likeness (QED) is 0.0773. The minimum atomic E-state index is 0.0110. The molecule has 486 valence electrons. The van der Waals surface area contributed by atoms with E-state index >= 15 is 0 Å². The average Bonchev–Trinajstić information content (AvgIpc) is 3.47. The lowest BCUT2D eigenvalue weighted by atomic mass is 10.4. The van der Waals surface area contributed by atoms with E-state index in [0.717, 1.165) is 6.42 Å². The molecule has 0 heterocycles. The Balaban J connectivity index is 3.09. The lowest BCUT2D eigenvalue weighted by molar-refractivity contribution is -0.122. The fraction of sp³-hybridized carbons (Fsp3) is 0.981. The van der Waals surface area contributed by atoms with E-state index in [2.05, 4.69) is 5.32 Å². The molecule has 0 rings (SSSR count). The number of nitrogens with one attached hydrogen (secondary N) is 1. The lowest BCUT2D eigenvalue weighted by Crippen LogP contribution is -2.25. The number of ether oxygens (including phenoxy) is 24. The number of hydrogen-bond donors (Lipinski definition) is 2. The zero-order chi connectivity index (χ0) is 58.0. The van der Waals surface area contributed by atoms with Crippen molar-refractivity contribution in [3.8, 4) is 0 Å². The summed E-state index contributed by atoms with van der Waals surface area (Å²) in [6, 6.07) is 0.